The van der Waals surface area contributed by atoms with Gasteiger partial charge in [-0.1, -0.05) is 36.0 Å². The van der Waals surface area contributed by atoms with Crippen molar-refractivity contribution in [3.05, 3.63) is 66.2 Å². The molecule has 7 heteroatoms. The maximum absolute atomic E-state index is 12.9. The first-order valence-electron chi connectivity index (χ1n) is 9.60. The topological polar surface area (TPSA) is 71.0 Å². The van der Waals surface area contributed by atoms with Gasteiger partial charge >= 0.3 is 0 Å². The van der Waals surface area contributed by atoms with Crippen LogP contribution in [0.25, 0.3) is 0 Å². The summed E-state index contributed by atoms with van der Waals surface area (Å²) in [7, 11) is 1.55. The van der Waals surface area contributed by atoms with Crippen LogP contribution in [-0.2, 0) is 9.59 Å². The SMILES string of the molecule is C=CCN1C(=O)[C@@H](CC(=O)Nc2ccccc2OC)SC1=Nc1ccc(C)c(C)c1. The highest BCUT2D eigenvalue weighted by molar-refractivity contribution is 8.15. The molecule has 1 atom stereocenters. The van der Waals surface area contributed by atoms with Gasteiger partial charge in [0.05, 0.1) is 18.5 Å². The predicted molar refractivity (Wildman–Crippen MR) is 123 cm³/mol. The Bertz CT molecular complexity index is 1000. The lowest BCUT2D eigenvalue weighted by atomic mass is 10.1. The molecule has 2 aromatic carbocycles. The van der Waals surface area contributed by atoms with Gasteiger partial charge in [-0.3, -0.25) is 14.5 Å². The molecule has 30 heavy (non-hydrogen) atoms. The first kappa shape index (κ1) is 21.6. The van der Waals surface area contributed by atoms with E-state index in [4.69, 9.17) is 4.74 Å². The number of carbonyl (C=O) groups is 2. The van der Waals surface area contributed by atoms with Crippen molar-refractivity contribution in [1.82, 2.24) is 4.90 Å². The molecule has 1 heterocycles. The number of methoxy groups -OCH3 is 1. The maximum atomic E-state index is 12.9. The summed E-state index contributed by atoms with van der Waals surface area (Å²) < 4.78 is 5.26. The van der Waals surface area contributed by atoms with Crippen molar-refractivity contribution in [1.29, 1.82) is 0 Å². The minimum Gasteiger partial charge on any atom is -0.495 e. The number of rotatable bonds is 7. The Kier molecular flexibility index (Phi) is 6.95. The number of ether oxygens (including phenoxy) is 1. The Balaban J connectivity index is 1.76. The molecule has 2 amide bonds. The van der Waals surface area contributed by atoms with Crippen LogP contribution in [0, 0.1) is 13.8 Å². The summed E-state index contributed by atoms with van der Waals surface area (Å²) in [6.45, 7) is 8.15. The number of amidine groups is 1. The summed E-state index contributed by atoms with van der Waals surface area (Å²) in [4.78, 5) is 31.7. The number of thioether (sulfide) groups is 1. The number of amides is 2. The average molecular weight is 424 g/mol. The Morgan fingerprint density at radius 2 is 2.03 bits per heavy atom. The molecule has 0 bridgehead atoms. The number of nitrogens with zero attached hydrogens (tertiary/aromatic N) is 2. The fraction of sp³-hybridized carbons (Fsp3) is 0.261. The highest BCUT2D eigenvalue weighted by atomic mass is 32.2. The molecule has 1 N–H and O–H groups in total. The van der Waals surface area contributed by atoms with Crippen LogP contribution in [0.3, 0.4) is 0 Å². The van der Waals surface area contributed by atoms with Crippen molar-refractivity contribution in [2.75, 3.05) is 19.0 Å². The number of benzene rings is 2. The van der Waals surface area contributed by atoms with E-state index in [-0.39, 0.29) is 18.2 Å². The van der Waals surface area contributed by atoms with Gasteiger partial charge in [-0.25, -0.2) is 4.99 Å². The van der Waals surface area contributed by atoms with Crippen LogP contribution in [0.5, 0.6) is 5.75 Å². The van der Waals surface area contributed by atoms with E-state index in [1.165, 1.54) is 17.3 Å². The van der Waals surface area contributed by atoms with Gasteiger partial charge in [0.15, 0.2) is 5.17 Å². The van der Waals surface area contributed by atoms with E-state index in [2.05, 4.69) is 16.9 Å². The van der Waals surface area contributed by atoms with Crippen molar-refractivity contribution in [2.24, 2.45) is 4.99 Å². The van der Waals surface area contributed by atoms with Gasteiger partial charge in [-0.05, 0) is 49.2 Å². The molecule has 2 aromatic rings. The number of carbonyl (C=O) groups excluding carboxylic acids is 2. The first-order chi connectivity index (χ1) is 14.4. The number of nitrogens with one attached hydrogen (secondary N) is 1. The molecule has 0 aliphatic carbocycles. The van der Waals surface area contributed by atoms with Crippen LogP contribution in [0.1, 0.15) is 17.5 Å². The Morgan fingerprint density at radius 1 is 1.27 bits per heavy atom. The molecule has 3 rings (SSSR count). The van der Waals surface area contributed by atoms with E-state index in [1.54, 1.807) is 30.2 Å². The Labute approximate surface area is 181 Å². The number of hydrogen-bond donors (Lipinski definition) is 1. The summed E-state index contributed by atoms with van der Waals surface area (Å²) >= 11 is 1.31. The second-order valence-corrected chi connectivity index (χ2v) is 8.13. The fourth-order valence-corrected chi connectivity index (χ4v) is 4.21. The molecular weight excluding hydrogens is 398 g/mol. The third-order valence-electron chi connectivity index (χ3n) is 4.80. The predicted octanol–water partition coefficient (Wildman–Crippen LogP) is 4.46. The summed E-state index contributed by atoms with van der Waals surface area (Å²) in [5.74, 6) is 0.176. The highest BCUT2D eigenvalue weighted by Crippen LogP contribution is 2.32. The van der Waals surface area contributed by atoms with E-state index < -0.39 is 5.25 Å². The second kappa shape index (κ2) is 9.63. The summed E-state index contributed by atoms with van der Waals surface area (Å²) in [5, 5.41) is 2.87. The normalized spacial score (nSPS) is 17.3. The number of hydrogen-bond acceptors (Lipinski definition) is 5. The first-order valence-corrected chi connectivity index (χ1v) is 10.5. The molecule has 1 aliphatic heterocycles. The molecule has 0 saturated carbocycles. The van der Waals surface area contributed by atoms with Crippen LogP contribution < -0.4 is 10.1 Å². The standard InChI is InChI=1S/C23H25N3O3S/c1-5-12-26-22(28)20(14-21(27)25-18-8-6-7-9-19(18)29-4)30-23(26)24-17-11-10-15(2)16(3)13-17/h5-11,13,20H,1,12,14H2,2-4H3,(H,25,27)/t20-/m1/s1. The van der Waals surface area contributed by atoms with Crippen LogP contribution >= 0.6 is 11.8 Å². The quantitative estimate of drug-likeness (QED) is 0.668. The molecule has 6 nitrogen and oxygen atoms in total. The molecule has 156 valence electrons. The van der Waals surface area contributed by atoms with Crippen LogP contribution in [0.4, 0.5) is 11.4 Å². The number of aliphatic imine (C=N–C) groups is 1. The van der Waals surface area contributed by atoms with Crippen LogP contribution in [-0.4, -0.2) is 40.8 Å². The van der Waals surface area contributed by atoms with Crippen molar-refractivity contribution in [3.63, 3.8) is 0 Å². The van der Waals surface area contributed by atoms with E-state index in [1.807, 2.05) is 44.2 Å². The minimum absolute atomic E-state index is 0.0428. The van der Waals surface area contributed by atoms with Gasteiger partial charge in [-0.2, -0.15) is 0 Å². The van der Waals surface area contributed by atoms with E-state index >= 15 is 0 Å². The third kappa shape index (κ3) is 4.91. The zero-order valence-electron chi connectivity index (χ0n) is 17.3. The van der Waals surface area contributed by atoms with Crippen LogP contribution in [0.2, 0.25) is 0 Å². The molecule has 0 aromatic heterocycles. The second-order valence-electron chi connectivity index (χ2n) is 6.96. The van der Waals surface area contributed by atoms with Gasteiger partial charge in [0.2, 0.25) is 11.8 Å². The molecule has 0 radical (unpaired) electrons. The van der Waals surface area contributed by atoms with Gasteiger partial charge in [-0.15, -0.1) is 6.58 Å². The molecule has 0 unspecified atom stereocenters. The zero-order chi connectivity index (χ0) is 21.7. The van der Waals surface area contributed by atoms with Crippen molar-refractivity contribution in [3.8, 4) is 5.75 Å². The minimum atomic E-state index is -0.537. The molecule has 1 aliphatic rings. The lowest BCUT2D eigenvalue weighted by Crippen LogP contribution is -2.33. The van der Waals surface area contributed by atoms with Crippen molar-refractivity contribution < 1.29 is 14.3 Å². The lowest BCUT2D eigenvalue weighted by molar-refractivity contribution is -0.127. The smallest absolute Gasteiger partial charge is 0.242 e. The monoisotopic (exact) mass is 423 g/mol. The highest BCUT2D eigenvalue weighted by Gasteiger charge is 2.38. The van der Waals surface area contributed by atoms with Gasteiger partial charge in [0, 0.05) is 13.0 Å². The van der Waals surface area contributed by atoms with Crippen molar-refractivity contribution in [2.45, 2.75) is 25.5 Å². The van der Waals surface area contributed by atoms with Gasteiger partial charge < -0.3 is 10.1 Å². The maximum Gasteiger partial charge on any atom is 0.242 e. The molecule has 0 spiro atoms. The fourth-order valence-electron chi connectivity index (χ4n) is 3.05. The molecule has 1 fully saturated rings. The molecule has 1 saturated heterocycles. The summed E-state index contributed by atoms with van der Waals surface area (Å²) in [5.41, 5.74) is 3.67. The van der Waals surface area contributed by atoms with Gasteiger partial charge in [0.1, 0.15) is 11.0 Å². The molecular formula is C23H25N3O3S. The van der Waals surface area contributed by atoms with Crippen molar-refractivity contribution >= 4 is 40.1 Å². The summed E-state index contributed by atoms with van der Waals surface area (Å²) in [6.07, 6.45) is 1.70. The lowest BCUT2D eigenvalue weighted by Gasteiger charge is -2.14. The van der Waals surface area contributed by atoms with Gasteiger partial charge in [0.25, 0.3) is 0 Å². The average Bonchev–Trinajstić information content (AvgIpc) is 3.00. The van der Waals surface area contributed by atoms with E-state index in [0.717, 1.165) is 11.3 Å². The number of anilines is 1. The van der Waals surface area contributed by atoms with E-state index in [9.17, 15) is 9.59 Å². The van der Waals surface area contributed by atoms with E-state index in [0.29, 0.717) is 23.1 Å². The van der Waals surface area contributed by atoms with Crippen LogP contribution in [0.15, 0.2) is 60.1 Å². The number of aryl methyl sites for hydroxylation is 2. The Morgan fingerprint density at radius 3 is 2.73 bits per heavy atom. The largest absolute Gasteiger partial charge is 0.495 e. The zero-order valence-corrected chi connectivity index (χ0v) is 18.2. The number of para-hydroxylation sites is 2. The summed E-state index contributed by atoms with van der Waals surface area (Å²) in [6, 6.07) is 13.1. The Hall–Kier alpha value is -3.06. The third-order valence-corrected chi connectivity index (χ3v) is 5.97.